The van der Waals surface area contributed by atoms with Gasteiger partial charge in [-0.05, 0) is 37.1 Å². The third-order valence-corrected chi connectivity index (χ3v) is 6.34. The van der Waals surface area contributed by atoms with E-state index in [0.29, 0.717) is 17.8 Å². The number of hydrogen-bond acceptors (Lipinski definition) is 6. The molecule has 8 nitrogen and oxygen atoms in total. The number of carbonyl (C=O) groups excluding carboxylic acids is 2. The van der Waals surface area contributed by atoms with Gasteiger partial charge in [0, 0.05) is 63.1 Å². The molecule has 8 heteroatoms. The number of H-pyrrole nitrogens is 1. The van der Waals surface area contributed by atoms with E-state index in [1.165, 1.54) is 0 Å². The standard InChI is InChI=1S/C24H32N4O4/c1-31-20-5-6-23(32-2)19(13-20)16-26-9-11-27(12-10-26)17-22(29)18-14-21(25-15-18)24(30)28-7-3-4-8-28/h5-6,13-15,25H,3-4,7-12,16-17H2,1-2H3. The van der Waals surface area contributed by atoms with Crippen LogP contribution in [0, 0.1) is 0 Å². The Morgan fingerprint density at radius 1 is 0.938 bits per heavy atom. The van der Waals surface area contributed by atoms with Crippen molar-refractivity contribution in [1.82, 2.24) is 19.7 Å². The summed E-state index contributed by atoms with van der Waals surface area (Å²) in [5.41, 5.74) is 2.18. The number of methoxy groups -OCH3 is 2. The zero-order valence-corrected chi connectivity index (χ0v) is 18.9. The van der Waals surface area contributed by atoms with Crippen molar-refractivity contribution in [1.29, 1.82) is 0 Å². The number of hydrogen-bond donors (Lipinski definition) is 1. The van der Waals surface area contributed by atoms with Crippen LogP contribution in [0.1, 0.15) is 39.3 Å². The van der Waals surface area contributed by atoms with Crippen molar-refractivity contribution < 1.29 is 19.1 Å². The second kappa shape index (κ2) is 10.2. The molecule has 3 heterocycles. The topological polar surface area (TPSA) is 78.1 Å². The summed E-state index contributed by atoms with van der Waals surface area (Å²) in [4.78, 5) is 34.6. The van der Waals surface area contributed by atoms with Gasteiger partial charge >= 0.3 is 0 Å². The molecule has 0 bridgehead atoms. The minimum atomic E-state index is -0.0110. The lowest BCUT2D eigenvalue weighted by molar-refractivity contribution is 0.0787. The molecule has 1 N–H and O–H groups in total. The first-order valence-corrected chi connectivity index (χ1v) is 11.2. The lowest BCUT2D eigenvalue weighted by Crippen LogP contribution is -2.47. The summed E-state index contributed by atoms with van der Waals surface area (Å²) in [6.07, 6.45) is 3.76. The third kappa shape index (κ3) is 5.14. The number of ketones is 1. The highest BCUT2D eigenvalue weighted by Crippen LogP contribution is 2.25. The normalized spacial score (nSPS) is 17.5. The van der Waals surface area contributed by atoms with Gasteiger partial charge in [0.15, 0.2) is 5.78 Å². The van der Waals surface area contributed by atoms with E-state index in [-0.39, 0.29) is 11.7 Å². The van der Waals surface area contributed by atoms with Crippen LogP contribution in [-0.4, -0.2) is 91.4 Å². The molecular weight excluding hydrogens is 408 g/mol. The number of aromatic nitrogens is 1. The number of nitrogens with zero attached hydrogens (tertiary/aromatic N) is 3. The molecule has 1 aromatic heterocycles. The van der Waals surface area contributed by atoms with Gasteiger partial charge in [0.2, 0.25) is 0 Å². The molecule has 1 amide bonds. The quantitative estimate of drug-likeness (QED) is 0.635. The van der Waals surface area contributed by atoms with Gasteiger partial charge in [-0.15, -0.1) is 0 Å². The number of amides is 1. The smallest absolute Gasteiger partial charge is 0.270 e. The molecule has 172 valence electrons. The van der Waals surface area contributed by atoms with E-state index in [1.807, 2.05) is 23.1 Å². The molecule has 2 saturated heterocycles. The minimum Gasteiger partial charge on any atom is -0.497 e. The van der Waals surface area contributed by atoms with Gasteiger partial charge in [-0.2, -0.15) is 0 Å². The average molecular weight is 441 g/mol. The molecule has 0 spiro atoms. The molecule has 0 aliphatic carbocycles. The summed E-state index contributed by atoms with van der Waals surface area (Å²) < 4.78 is 10.8. The largest absolute Gasteiger partial charge is 0.497 e. The van der Waals surface area contributed by atoms with Crippen molar-refractivity contribution in [3.05, 3.63) is 47.3 Å². The van der Waals surface area contributed by atoms with Crippen molar-refractivity contribution in [3.8, 4) is 11.5 Å². The molecule has 0 saturated carbocycles. The number of nitrogens with one attached hydrogen (secondary N) is 1. The number of ether oxygens (including phenoxy) is 2. The molecule has 0 atom stereocenters. The van der Waals surface area contributed by atoms with Gasteiger partial charge in [-0.3, -0.25) is 19.4 Å². The zero-order valence-electron chi connectivity index (χ0n) is 18.9. The monoisotopic (exact) mass is 440 g/mol. The number of aromatic amines is 1. The van der Waals surface area contributed by atoms with E-state index in [2.05, 4.69) is 14.8 Å². The molecule has 4 rings (SSSR count). The van der Waals surface area contributed by atoms with Crippen LogP contribution < -0.4 is 9.47 Å². The highest BCUT2D eigenvalue weighted by Gasteiger charge is 2.24. The van der Waals surface area contributed by atoms with Crippen LogP contribution in [0.25, 0.3) is 0 Å². The summed E-state index contributed by atoms with van der Waals surface area (Å²) in [6, 6.07) is 7.55. The Morgan fingerprint density at radius 2 is 1.66 bits per heavy atom. The lowest BCUT2D eigenvalue weighted by Gasteiger charge is -2.34. The molecule has 2 aliphatic rings. The molecule has 2 aromatic rings. The first kappa shape index (κ1) is 22.4. The summed E-state index contributed by atoms with van der Waals surface area (Å²) >= 11 is 0. The van der Waals surface area contributed by atoms with Gasteiger partial charge in [0.1, 0.15) is 17.2 Å². The molecule has 0 unspecified atom stereocenters. The molecule has 1 aromatic carbocycles. The van der Waals surface area contributed by atoms with E-state index in [9.17, 15) is 9.59 Å². The fraction of sp³-hybridized carbons (Fsp3) is 0.500. The van der Waals surface area contributed by atoms with Crippen molar-refractivity contribution in [2.24, 2.45) is 0 Å². The second-order valence-corrected chi connectivity index (χ2v) is 8.45. The van der Waals surface area contributed by atoms with Crippen LogP contribution in [0.2, 0.25) is 0 Å². The third-order valence-electron chi connectivity index (χ3n) is 6.34. The van der Waals surface area contributed by atoms with Crippen LogP contribution in [0.5, 0.6) is 11.5 Å². The highest BCUT2D eigenvalue weighted by molar-refractivity contribution is 6.01. The Balaban J connectivity index is 1.28. The minimum absolute atomic E-state index is 0.0110. The number of benzene rings is 1. The first-order valence-electron chi connectivity index (χ1n) is 11.2. The lowest BCUT2D eigenvalue weighted by atomic mass is 10.1. The van der Waals surface area contributed by atoms with Gasteiger partial charge in [0.05, 0.1) is 20.8 Å². The van der Waals surface area contributed by atoms with Crippen LogP contribution in [0.4, 0.5) is 0 Å². The summed E-state index contributed by atoms with van der Waals surface area (Å²) in [5, 5.41) is 0. The Morgan fingerprint density at radius 3 is 2.34 bits per heavy atom. The van der Waals surface area contributed by atoms with E-state index < -0.39 is 0 Å². The predicted molar refractivity (Wildman–Crippen MR) is 122 cm³/mol. The number of rotatable bonds is 8. The Kier molecular flexibility index (Phi) is 7.12. The maximum absolute atomic E-state index is 12.8. The van der Waals surface area contributed by atoms with Gasteiger partial charge < -0.3 is 19.4 Å². The molecule has 32 heavy (non-hydrogen) atoms. The van der Waals surface area contributed by atoms with Crippen LogP contribution in [0.15, 0.2) is 30.5 Å². The van der Waals surface area contributed by atoms with Gasteiger partial charge in [0.25, 0.3) is 5.91 Å². The number of carbonyl (C=O) groups is 2. The van der Waals surface area contributed by atoms with E-state index in [0.717, 1.165) is 75.7 Å². The first-order chi connectivity index (χ1) is 15.6. The number of piperazine rings is 1. The summed E-state index contributed by atoms with van der Waals surface area (Å²) in [6.45, 7) is 6.14. The van der Waals surface area contributed by atoms with Crippen molar-refractivity contribution in [2.45, 2.75) is 19.4 Å². The van der Waals surface area contributed by atoms with Crippen LogP contribution >= 0.6 is 0 Å². The SMILES string of the molecule is COc1ccc(OC)c(CN2CCN(CC(=O)c3c[nH]c(C(=O)N4CCCC4)c3)CC2)c1. The van der Waals surface area contributed by atoms with Crippen LogP contribution in [-0.2, 0) is 6.54 Å². The molecule has 2 fully saturated rings. The Hall–Kier alpha value is -2.84. The Labute approximate surface area is 189 Å². The van der Waals surface area contributed by atoms with E-state index in [4.69, 9.17) is 9.47 Å². The fourth-order valence-electron chi connectivity index (χ4n) is 4.42. The summed E-state index contributed by atoms with van der Waals surface area (Å²) in [5.74, 6) is 1.71. The molecule has 2 aliphatic heterocycles. The fourth-order valence-corrected chi connectivity index (χ4v) is 4.42. The van der Waals surface area contributed by atoms with E-state index in [1.54, 1.807) is 26.5 Å². The van der Waals surface area contributed by atoms with Crippen molar-refractivity contribution in [3.63, 3.8) is 0 Å². The van der Waals surface area contributed by atoms with Crippen LogP contribution in [0.3, 0.4) is 0 Å². The van der Waals surface area contributed by atoms with Crippen molar-refractivity contribution in [2.75, 3.05) is 60.0 Å². The van der Waals surface area contributed by atoms with Gasteiger partial charge in [-0.1, -0.05) is 0 Å². The number of likely N-dealkylation sites (tertiary alicyclic amines) is 1. The average Bonchev–Trinajstić information content (AvgIpc) is 3.52. The zero-order chi connectivity index (χ0) is 22.5. The van der Waals surface area contributed by atoms with Gasteiger partial charge in [-0.25, -0.2) is 0 Å². The van der Waals surface area contributed by atoms with Crippen molar-refractivity contribution >= 4 is 11.7 Å². The maximum atomic E-state index is 12.8. The second-order valence-electron chi connectivity index (χ2n) is 8.45. The predicted octanol–water partition coefficient (Wildman–Crippen LogP) is 2.27. The highest BCUT2D eigenvalue weighted by atomic mass is 16.5. The maximum Gasteiger partial charge on any atom is 0.270 e. The molecular formula is C24H32N4O4. The van der Waals surface area contributed by atoms with E-state index >= 15 is 0 Å². The number of Topliss-reactive ketones (excluding diaryl/α,β-unsaturated/α-hetero) is 1. The Bertz CT molecular complexity index is 943. The molecule has 0 radical (unpaired) electrons. The summed E-state index contributed by atoms with van der Waals surface area (Å²) in [7, 11) is 3.34.